The van der Waals surface area contributed by atoms with Crippen LogP contribution in [0.4, 0.5) is 0 Å². The Morgan fingerprint density at radius 2 is 1.11 bits per heavy atom. The lowest BCUT2D eigenvalue weighted by Crippen LogP contribution is -1.93. The molecule has 0 saturated heterocycles. The van der Waals surface area contributed by atoms with Crippen LogP contribution >= 0.6 is 0 Å². The molecule has 46 heavy (non-hydrogen) atoms. The first-order valence-corrected chi connectivity index (χ1v) is 15.7. The van der Waals surface area contributed by atoms with Gasteiger partial charge in [0.25, 0.3) is 0 Å². The van der Waals surface area contributed by atoms with Gasteiger partial charge in [-0.3, -0.25) is 4.40 Å². The number of hydrogen-bond donors (Lipinski definition) is 0. The minimum atomic E-state index is 0.909. The monoisotopic (exact) mass is 584 g/mol. The SMILES string of the molecule is c1ccc2c(c1)ccc1c2c2ccccc2n1-c1ccc(-c2cc3c4ccccc4n4c5nc6ccccc6nc5c(c2)c34)cc1. The van der Waals surface area contributed by atoms with E-state index in [4.69, 9.17) is 9.97 Å². The molecule has 11 aromatic rings. The molecule has 0 radical (unpaired) electrons. The average Bonchev–Trinajstić information content (AvgIpc) is 3.75. The second kappa shape index (κ2) is 8.68. The summed E-state index contributed by atoms with van der Waals surface area (Å²) < 4.78 is 4.70. The fourth-order valence-electron chi connectivity index (χ4n) is 7.81. The Morgan fingerprint density at radius 1 is 0.435 bits per heavy atom. The highest BCUT2D eigenvalue weighted by molar-refractivity contribution is 6.24. The maximum absolute atomic E-state index is 5.15. The molecule has 0 saturated carbocycles. The predicted octanol–water partition coefficient (Wildman–Crippen LogP) is 10.7. The van der Waals surface area contributed by atoms with Crippen LogP contribution in [0.1, 0.15) is 0 Å². The van der Waals surface area contributed by atoms with Crippen LogP contribution in [0.2, 0.25) is 0 Å². The summed E-state index contributed by atoms with van der Waals surface area (Å²) in [6, 6.07) is 52.4. The molecule has 0 unspecified atom stereocenters. The Labute approximate surface area is 262 Å². The number of aromatic nitrogens is 4. The maximum atomic E-state index is 5.15. The summed E-state index contributed by atoms with van der Waals surface area (Å²) in [7, 11) is 0. The average molecular weight is 585 g/mol. The van der Waals surface area contributed by atoms with Gasteiger partial charge in [0.05, 0.1) is 33.1 Å². The molecule has 0 spiro atoms. The van der Waals surface area contributed by atoms with Gasteiger partial charge in [0.15, 0.2) is 5.65 Å². The third kappa shape index (κ3) is 3.07. The van der Waals surface area contributed by atoms with Crippen molar-refractivity contribution in [3.05, 3.63) is 146 Å². The summed E-state index contributed by atoms with van der Waals surface area (Å²) in [6.45, 7) is 0. The van der Waals surface area contributed by atoms with Crippen molar-refractivity contribution in [1.29, 1.82) is 0 Å². The summed E-state index contributed by atoms with van der Waals surface area (Å²) in [4.78, 5) is 10.3. The van der Waals surface area contributed by atoms with Gasteiger partial charge in [0.2, 0.25) is 0 Å². The zero-order valence-corrected chi connectivity index (χ0v) is 24.6. The van der Waals surface area contributed by atoms with Crippen LogP contribution in [0.5, 0.6) is 0 Å². The highest BCUT2D eigenvalue weighted by Crippen LogP contribution is 2.42. The number of para-hydroxylation sites is 4. The number of benzene rings is 7. The van der Waals surface area contributed by atoms with Gasteiger partial charge < -0.3 is 4.57 Å². The molecule has 7 aromatic carbocycles. The lowest BCUT2D eigenvalue weighted by atomic mass is 10.00. The van der Waals surface area contributed by atoms with Crippen LogP contribution in [-0.2, 0) is 0 Å². The van der Waals surface area contributed by atoms with Gasteiger partial charge in [-0.15, -0.1) is 0 Å². The smallest absolute Gasteiger partial charge is 0.165 e. The van der Waals surface area contributed by atoms with E-state index < -0.39 is 0 Å². The molecule has 4 nitrogen and oxygen atoms in total. The third-order valence-electron chi connectivity index (χ3n) is 9.81. The van der Waals surface area contributed by atoms with E-state index in [0.717, 1.165) is 38.8 Å². The summed E-state index contributed by atoms with van der Waals surface area (Å²) in [5, 5.41) is 8.71. The molecule has 212 valence electrons. The molecule has 4 heterocycles. The van der Waals surface area contributed by atoms with Crippen molar-refractivity contribution in [3.63, 3.8) is 0 Å². The fourth-order valence-corrected chi connectivity index (χ4v) is 7.81. The van der Waals surface area contributed by atoms with Crippen molar-refractivity contribution in [1.82, 2.24) is 18.9 Å². The summed E-state index contributed by atoms with van der Waals surface area (Å²) >= 11 is 0. The standard InChI is InChI=1S/C42H24N4/c1-2-10-29-26(9-1)19-22-38-39(29)31-12-4-8-16-37(31)45(38)28-20-17-25(18-21-28)27-23-32-30-11-3-7-15-36(30)46-41(32)33(24-27)40-42(46)44-35-14-6-5-13-34(35)43-40/h1-24H. The van der Waals surface area contributed by atoms with Crippen molar-refractivity contribution >= 4 is 82.0 Å². The molecule has 0 bridgehead atoms. The normalized spacial score (nSPS) is 12.3. The molecule has 0 aliphatic rings. The largest absolute Gasteiger partial charge is 0.309 e. The van der Waals surface area contributed by atoms with Crippen molar-refractivity contribution < 1.29 is 0 Å². The number of nitrogens with zero attached hydrogens (tertiary/aromatic N) is 4. The van der Waals surface area contributed by atoms with Gasteiger partial charge >= 0.3 is 0 Å². The molecule has 11 rings (SSSR count). The number of hydrogen-bond acceptors (Lipinski definition) is 2. The van der Waals surface area contributed by atoms with Crippen LogP contribution in [-0.4, -0.2) is 18.9 Å². The van der Waals surface area contributed by atoms with Crippen LogP contribution in [0.25, 0.3) is 98.8 Å². The number of rotatable bonds is 2. The summed E-state index contributed by atoms with van der Waals surface area (Å²) in [6.07, 6.45) is 0. The Kier molecular flexibility index (Phi) is 4.55. The fraction of sp³-hybridized carbons (Fsp3) is 0. The van der Waals surface area contributed by atoms with E-state index in [2.05, 4.69) is 130 Å². The van der Waals surface area contributed by atoms with Crippen LogP contribution in [0.15, 0.2) is 146 Å². The van der Waals surface area contributed by atoms with Crippen molar-refractivity contribution in [3.8, 4) is 16.8 Å². The first-order valence-electron chi connectivity index (χ1n) is 15.7. The van der Waals surface area contributed by atoms with Gasteiger partial charge in [-0.05, 0) is 76.5 Å². The van der Waals surface area contributed by atoms with Crippen molar-refractivity contribution in [2.45, 2.75) is 0 Å². The summed E-state index contributed by atoms with van der Waals surface area (Å²) in [5.41, 5.74) is 12.0. The van der Waals surface area contributed by atoms with E-state index in [1.54, 1.807) is 0 Å². The van der Waals surface area contributed by atoms with Crippen molar-refractivity contribution in [2.75, 3.05) is 0 Å². The topological polar surface area (TPSA) is 35.1 Å². The van der Waals surface area contributed by atoms with Gasteiger partial charge in [0.1, 0.15) is 5.52 Å². The van der Waals surface area contributed by atoms with E-state index in [0.29, 0.717) is 0 Å². The molecular weight excluding hydrogens is 560 g/mol. The molecule has 4 heteroatoms. The van der Waals surface area contributed by atoms with Gasteiger partial charge in [-0.2, -0.15) is 0 Å². The molecule has 0 atom stereocenters. The van der Waals surface area contributed by atoms with Gasteiger partial charge in [-0.25, -0.2) is 9.97 Å². The van der Waals surface area contributed by atoms with Crippen LogP contribution < -0.4 is 0 Å². The molecule has 0 N–H and O–H groups in total. The zero-order chi connectivity index (χ0) is 29.9. The highest BCUT2D eigenvalue weighted by atomic mass is 15.0. The Hall–Kier alpha value is -6.26. The minimum Gasteiger partial charge on any atom is -0.309 e. The zero-order valence-electron chi connectivity index (χ0n) is 24.6. The highest BCUT2D eigenvalue weighted by Gasteiger charge is 2.21. The molecule has 0 fully saturated rings. The summed E-state index contributed by atoms with van der Waals surface area (Å²) in [5.74, 6) is 0. The number of fused-ring (bicyclic) bond motifs is 12. The minimum absolute atomic E-state index is 0.909. The molecule has 4 aromatic heterocycles. The van der Waals surface area contributed by atoms with E-state index in [1.165, 1.54) is 60.0 Å². The second-order valence-corrected chi connectivity index (χ2v) is 12.2. The quantitative estimate of drug-likeness (QED) is 0.203. The van der Waals surface area contributed by atoms with Crippen LogP contribution in [0, 0.1) is 0 Å². The van der Waals surface area contributed by atoms with E-state index in [1.807, 2.05) is 24.3 Å². The molecule has 0 aliphatic carbocycles. The first-order chi connectivity index (χ1) is 22.8. The lowest BCUT2D eigenvalue weighted by Gasteiger charge is -2.10. The van der Waals surface area contributed by atoms with Gasteiger partial charge in [-0.1, -0.05) is 91.0 Å². The molecule has 0 aliphatic heterocycles. The molecule has 0 amide bonds. The van der Waals surface area contributed by atoms with E-state index in [-0.39, 0.29) is 0 Å². The van der Waals surface area contributed by atoms with Gasteiger partial charge in [0, 0.05) is 32.6 Å². The Bertz CT molecular complexity index is 3020. The first kappa shape index (κ1) is 24.1. The Balaban J connectivity index is 1.15. The van der Waals surface area contributed by atoms with Crippen LogP contribution in [0.3, 0.4) is 0 Å². The second-order valence-electron chi connectivity index (χ2n) is 12.2. The third-order valence-corrected chi connectivity index (χ3v) is 9.81. The predicted molar refractivity (Wildman–Crippen MR) is 191 cm³/mol. The van der Waals surface area contributed by atoms with Crippen molar-refractivity contribution in [2.24, 2.45) is 0 Å². The maximum Gasteiger partial charge on any atom is 0.165 e. The molecular formula is C42H24N4. The lowest BCUT2D eigenvalue weighted by molar-refractivity contribution is 1.18. The Morgan fingerprint density at radius 3 is 1.96 bits per heavy atom. The van der Waals surface area contributed by atoms with E-state index >= 15 is 0 Å². The van der Waals surface area contributed by atoms with E-state index in [9.17, 15) is 0 Å².